The summed E-state index contributed by atoms with van der Waals surface area (Å²) in [5.41, 5.74) is 4.91. The van der Waals surface area contributed by atoms with Crippen LogP contribution in [0.25, 0.3) is 11.3 Å². The summed E-state index contributed by atoms with van der Waals surface area (Å²) in [6.07, 6.45) is 1.69. The minimum Gasteiger partial charge on any atom is -0.378 e. The van der Waals surface area contributed by atoms with Gasteiger partial charge < -0.3 is 15.0 Å². The molecule has 3 aromatic rings. The second-order valence-electron chi connectivity index (χ2n) is 6.48. The average molecular weight is 442 g/mol. The van der Waals surface area contributed by atoms with Crippen molar-refractivity contribution in [3.05, 3.63) is 65.3 Å². The molecule has 1 aliphatic rings. The first-order valence-corrected chi connectivity index (χ1v) is 10.7. The predicted octanol–water partition coefficient (Wildman–Crippen LogP) is 4.11. The summed E-state index contributed by atoms with van der Waals surface area (Å²) < 4.78 is 19.2. The Morgan fingerprint density at radius 3 is 2.63 bits per heavy atom. The summed E-state index contributed by atoms with van der Waals surface area (Å²) in [4.78, 5) is 7.98. The van der Waals surface area contributed by atoms with Crippen molar-refractivity contribution in [2.24, 2.45) is 5.10 Å². The number of morpholine rings is 1. The molecule has 2 heterocycles. The van der Waals surface area contributed by atoms with E-state index >= 15 is 0 Å². The molecule has 30 heavy (non-hydrogen) atoms. The Hall–Kier alpha value is -2.88. The number of thiazole rings is 1. The Balaban J connectivity index is 1.51. The van der Waals surface area contributed by atoms with Gasteiger partial charge in [-0.3, -0.25) is 5.43 Å². The van der Waals surface area contributed by atoms with Crippen LogP contribution < -0.4 is 15.6 Å². The molecule has 1 saturated heterocycles. The third-order valence-corrected chi connectivity index (χ3v) is 5.68. The molecule has 1 aliphatic heterocycles. The fourth-order valence-electron chi connectivity index (χ4n) is 2.96. The normalized spacial score (nSPS) is 14.1. The molecule has 0 saturated carbocycles. The lowest BCUT2D eigenvalue weighted by Crippen LogP contribution is -2.36. The van der Waals surface area contributed by atoms with Crippen molar-refractivity contribution >= 4 is 45.7 Å². The number of anilines is 2. The second kappa shape index (κ2) is 9.75. The number of nitrogens with zero attached hydrogens (tertiary/aromatic N) is 3. The van der Waals surface area contributed by atoms with Gasteiger partial charge in [-0.05, 0) is 24.4 Å². The maximum atomic E-state index is 13.7. The number of hydrogen-bond acceptors (Lipinski definition) is 6. The maximum absolute atomic E-state index is 13.7. The molecule has 0 spiro atoms. The van der Waals surface area contributed by atoms with Gasteiger partial charge in [-0.15, -0.1) is 0 Å². The number of halogens is 1. The topological polar surface area (TPSA) is 61.8 Å². The number of thiocarbonyl (C=S) groups is 1. The van der Waals surface area contributed by atoms with Crippen molar-refractivity contribution in [3.8, 4) is 11.3 Å². The third-order valence-electron chi connectivity index (χ3n) is 4.44. The molecule has 0 unspecified atom stereocenters. The molecule has 0 bridgehead atoms. The second-order valence-corrected chi connectivity index (χ2v) is 7.90. The number of aromatic nitrogens is 1. The van der Waals surface area contributed by atoms with Crippen LogP contribution in [0.15, 0.2) is 59.7 Å². The van der Waals surface area contributed by atoms with Crippen LogP contribution in [-0.2, 0) is 4.74 Å². The molecule has 2 N–H and O–H groups in total. The highest BCUT2D eigenvalue weighted by Crippen LogP contribution is 2.32. The smallest absolute Gasteiger partial charge is 0.191 e. The Bertz CT molecular complexity index is 1030. The monoisotopic (exact) mass is 441 g/mol. The molecule has 0 aliphatic carbocycles. The van der Waals surface area contributed by atoms with Crippen LogP contribution in [0.1, 0.15) is 4.88 Å². The molecule has 6 nitrogen and oxygen atoms in total. The highest BCUT2D eigenvalue weighted by molar-refractivity contribution is 7.80. The quantitative estimate of drug-likeness (QED) is 0.353. The van der Waals surface area contributed by atoms with E-state index in [1.54, 1.807) is 35.8 Å². The molecular formula is C21H20FN5OS2. The highest BCUT2D eigenvalue weighted by atomic mass is 32.1. The summed E-state index contributed by atoms with van der Waals surface area (Å²) >= 11 is 6.77. The van der Waals surface area contributed by atoms with Gasteiger partial charge in [0.1, 0.15) is 5.82 Å². The predicted molar refractivity (Wildman–Crippen MR) is 124 cm³/mol. The van der Waals surface area contributed by atoms with Crippen molar-refractivity contribution in [1.29, 1.82) is 0 Å². The number of benzene rings is 2. The first-order chi connectivity index (χ1) is 14.7. The molecule has 0 amide bonds. The lowest BCUT2D eigenvalue weighted by atomic mass is 10.1. The lowest BCUT2D eigenvalue weighted by molar-refractivity contribution is 0.122. The number of rotatable bonds is 5. The van der Waals surface area contributed by atoms with Gasteiger partial charge in [0.25, 0.3) is 0 Å². The van der Waals surface area contributed by atoms with E-state index in [0.717, 1.165) is 34.4 Å². The van der Waals surface area contributed by atoms with E-state index in [2.05, 4.69) is 20.7 Å². The van der Waals surface area contributed by atoms with E-state index in [4.69, 9.17) is 21.9 Å². The van der Waals surface area contributed by atoms with Crippen molar-refractivity contribution < 1.29 is 9.13 Å². The molecule has 0 radical (unpaired) electrons. The Kier molecular flexibility index (Phi) is 6.63. The van der Waals surface area contributed by atoms with E-state index in [1.165, 1.54) is 6.07 Å². The van der Waals surface area contributed by atoms with Crippen LogP contribution in [0.3, 0.4) is 0 Å². The Labute approximate surface area is 183 Å². The summed E-state index contributed by atoms with van der Waals surface area (Å²) in [6, 6.07) is 16.3. The van der Waals surface area contributed by atoms with Crippen LogP contribution in [0, 0.1) is 5.82 Å². The first kappa shape index (κ1) is 20.4. The van der Waals surface area contributed by atoms with Gasteiger partial charge in [0.2, 0.25) is 0 Å². The first-order valence-electron chi connectivity index (χ1n) is 9.44. The van der Waals surface area contributed by atoms with E-state index in [1.807, 2.05) is 30.3 Å². The molecule has 4 rings (SSSR count). The zero-order valence-corrected chi connectivity index (χ0v) is 17.7. The SMILES string of the molecule is Fc1ccccc1NC(=S)NN=Cc1sc(N2CCOCC2)nc1-c1ccccc1. The Morgan fingerprint density at radius 1 is 1.13 bits per heavy atom. The molecule has 0 atom stereocenters. The van der Waals surface area contributed by atoms with Crippen LogP contribution in [-0.4, -0.2) is 42.6 Å². The van der Waals surface area contributed by atoms with Crippen LogP contribution in [0.5, 0.6) is 0 Å². The summed E-state index contributed by atoms with van der Waals surface area (Å²) in [6.45, 7) is 3.02. The van der Waals surface area contributed by atoms with Crippen LogP contribution in [0.2, 0.25) is 0 Å². The molecule has 1 aromatic heterocycles. The maximum Gasteiger partial charge on any atom is 0.191 e. The summed E-state index contributed by atoms with van der Waals surface area (Å²) in [5, 5.41) is 8.17. The zero-order chi connectivity index (χ0) is 20.8. The van der Waals surface area contributed by atoms with Gasteiger partial charge in [-0.25, -0.2) is 9.37 Å². The van der Waals surface area contributed by atoms with E-state index in [0.29, 0.717) is 18.9 Å². The number of hydrazone groups is 1. The third kappa shape index (κ3) is 4.99. The lowest BCUT2D eigenvalue weighted by Gasteiger charge is -2.26. The van der Waals surface area contributed by atoms with Gasteiger partial charge in [-0.2, -0.15) is 5.10 Å². The minimum atomic E-state index is -0.380. The molecule has 154 valence electrons. The fourth-order valence-corrected chi connectivity index (χ4v) is 4.14. The molecule has 1 fully saturated rings. The fraction of sp³-hybridized carbons (Fsp3) is 0.190. The van der Waals surface area contributed by atoms with Crippen molar-refractivity contribution in [1.82, 2.24) is 10.4 Å². The zero-order valence-electron chi connectivity index (χ0n) is 16.0. The van der Waals surface area contributed by atoms with Crippen molar-refractivity contribution in [3.63, 3.8) is 0 Å². The summed E-state index contributed by atoms with van der Waals surface area (Å²) in [7, 11) is 0. The largest absolute Gasteiger partial charge is 0.378 e. The van der Waals surface area contributed by atoms with Gasteiger partial charge >= 0.3 is 0 Å². The van der Waals surface area contributed by atoms with Crippen LogP contribution >= 0.6 is 23.6 Å². The number of hydrogen-bond donors (Lipinski definition) is 2. The van der Waals surface area contributed by atoms with Gasteiger partial charge in [-0.1, -0.05) is 53.8 Å². The van der Waals surface area contributed by atoms with E-state index in [-0.39, 0.29) is 10.9 Å². The van der Waals surface area contributed by atoms with Gasteiger partial charge in [0.15, 0.2) is 10.2 Å². The van der Waals surface area contributed by atoms with Crippen molar-refractivity contribution in [2.75, 3.05) is 36.5 Å². The average Bonchev–Trinajstić information content (AvgIpc) is 3.21. The standard InChI is InChI=1S/C21H20FN5OS2/c22-16-8-4-5-9-17(16)24-20(29)26-23-14-18-19(15-6-2-1-3-7-15)25-21(30-18)27-10-12-28-13-11-27/h1-9,14H,10-13H2,(H2,24,26,29). The highest BCUT2D eigenvalue weighted by Gasteiger charge is 2.18. The van der Waals surface area contributed by atoms with Crippen molar-refractivity contribution in [2.45, 2.75) is 0 Å². The van der Waals surface area contributed by atoms with Crippen LogP contribution in [0.4, 0.5) is 15.2 Å². The van der Waals surface area contributed by atoms with E-state index < -0.39 is 0 Å². The molecular weight excluding hydrogens is 421 g/mol. The van der Waals surface area contributed by atoms with Gasteiger partial charge in [0, 0.05) is 18.7 Å². The van der Waals surface area contributed by atoms with E-state index in [9.17, 15) is 4.39 Å². The summed E-state index contributed by atoms with van der Waals surface area (Å²) in [5.74, 6) is -0.380. The Morgan fingerprint density at radius 2 is 1.87 bits per heavy atom. The molecule has 9 heteroatoms. The number of para-hydroxylation sites is 1. The molecule has 2 aromatic carbocycles. The number of nitrogens with one attached hydrogen (secondary N) is 2. The minimum absolute atomic E-state index is 0.204. The number of ether oxygens (including phenoxy) is 1. The van der Waals surface area contributed by atoms with Gasteiger partial charge in [0.05, 0.1) is 35.7 Å².